The number of nitriles is 1. The van der Waals surface area contributed by atoms with Gasteiger partial charge in [0.15, 0.2) is 0 Å². The molecular weight excluding hydrogens is 315 g/mol. The van der Waals surface area contributed by atoms with Gasteiger partial charge in [-0.05, 0) is 12.1 Å². The Morgan fingerprint density at radius 3 is 2.52 bits per heavy atom. The predicted octanol–water partition coefficient (Wildman–Crippen LogP) is 3.17. The zero-order chi connectivity index (χ0) is 15.7. The second-order valence-electron chi connectivity index (χ2n) is 4.24. The molecule has 0 aliphatic carbocycles. The van der Waals surface area contributed by atoms with Crippen LogP contribution in [0.1, 0.15) is 21.7 Å². The Labute approximate surface area is 130 Å². The lowest BCUT2D eigenvalue weighted by molar-refractivity contribution is -0.615. The maximum Gasteiger partial charge on any atom is 0.402 e. The van der Waals surface area contributed by atoms with Crippen molar-refractivity contribution in [1.29, 1.82) is 5.26 Å². The number of aromatic nitrogens is 1. The summed E-state index contributed by atoms with van der Waals surface area (Å²) in [4.78, 5) is 11.1. The van der Waals surface area contributed by atoms with Gasteiger partial charge in [-0.3, -0.25) is 0 Å². The van der Waals surface area contributed by atoms with Gasteiger partial charge in [-0.25, -0.2) is 4.79 Å². The molecule has 7 heteroatoms. The van der Waals surface area contributed by atoms with Gasteiger partial charge in [0.05, 0.1) is 0 Å². The van der Waals surface area contributed by atoms with Crippen molar-refractivity contribution in [3.63, 3.8) is 0 Å². The van der Waals surface area contributed by atoms with Crippen molar-refractivity contribution in [2.75, 3.05) is 0 Å². The Hall–Kier alpha value is -2.29. The van der Waals surface area contributed by atoms with Gasteiger partial charge >= 0.3 is 11.7 Å². The maximum atomic E-state index is 11.8. The zero-order valence-corrected chi connectivity index (χ0v) is 12.2. The second-order valence-corrected chi connectivity index (χ2v) is 5.08. The number of hydrogen-bond acceptors (Lipinski definition) is 3. The molecule has 0 aliphatic heterocycles. The van der Waals surface area contributed by atoms with Crippen LogP contribution < -0.4 is 4.73 Å². The highest BCUT2D eigenvalue weighted by Gasteiger charge is 2.25. The minimum atomic E-state index is -1.39. The summed E-state index contributed by atoms with van der Waals surface area (Å²) in [5.41, 5.74) is 0.301. The molecule has 0 unspecified atom stereocenters. The number of pyridine rings is 1. The minimum Gasteiger partial charge on any atom is -0.618 e. The van der Waals surface area contributed by atoms with Crippen molar-refractivity contribution >= 4 is 29.2 Å². The van der Waals surface area contributed by atoms with E-state index in [1.165, 1.54) is 13.0 Å². The highest BCUT2D eigenvalue weighted by molar-refractivity contribution is 6.36. The molecule has 0 aliphatic rings. The molecule has 2 aromatic rings. The van der Waals surface area contributed by atoms with E-state index in [1.807, 2.05) is 6.07 Å². The highest BCUT2D eigenvalue weighted by Crippen LogP contribution is 2.33. The number of halogens is 2. The number of carbonyl (C=O) groups is 1. The molecule has 1 N–H and O–H groups in total. The van der Waals surface area contributed by atoms with Crippen LogP contribution >= 0.6 is 23.2 Å². The zero-order valence-electron chi connectivity index (χ0n) is 10.7. The molecule has 2 rings (SSSR count). The third kappa shape index (κ3) is 2.64. The Balaban J connectivity index is 2.85. The monoisotopic (exact) mass is 322 g/mol. The predicted molar refractivity (Wildman–Crippen MR) is 77.3 cm³/mol. The molecule has 1 heterocycles. The van der Waals surface area contributed by atoms with E-state index in [2.05, 4.69) is 0 Å². The lowest BCUT2D eigenvalue weighted by Crippen LogP contribution is -2.38. The molecule has 0 atom stereocenters. The number of nitrogens with zero attached hydrogens (tertiary/aromatic N) is 2. The van der Waals surface area contributed by atoms with E-state index in [1.54, 1.807) is 12.1 Å². The van der Waals surface area contributed by atoms with Crippen LogP contribution in [0.15, 0.2) is 24.3 Å². The number of rotatable bonds is 2. The van der Waals surface area contributed by atoms with E-state index in [-0.39, 0.29) is 26.6 Å². The van der Waals surface area contributed by atoms with E-state index in [4.69, 9.17) is 28.3 Å². The average molecular weight is 323 g/mol. The summed E-state index contributed by atoms with van der Waals surface area (Å²) in [6.45, 7) is 1.38. The second kappa shape index (κ2) is 5.60. The molecule has 0 radical (unpaired) electrons. The number of hydrogen-bond donors (Lipinski definition) is 1. The van der Waals surface area contributed by atoms with Crippen LogP contribution in [0.3, 0.4) is 0 Å². The Morgan fingerprint density at radius 1 is 1.33 bits per heavy atom. The van der Waals surface area contributed by atoms with Crippen molar-refractivity contribution < 1.29 is 14.6 Å². The van der Waals surface area contributed by atoms with Gasteiger partial charge in [0.2, 0.25) is 5.69 Å². The molecule has 5 nitrogen and oxygen atoms in total. The lowest BCUT2D eigenvalue weighted by atomic mass is 9.98. The SMILES string of the molecule is Cc1c(C#N)c(-c2ccc(Cl)cc2Cl)cc(C(=O)O)[n+]1[O-]. The van der Waals surface area contributed by atoms with Gasteiger partial charge in [0.1, 0.15) is 11.6 Å². The fraction of sp³-hybridized carbons (Fsp3) is 0.0714. The highest BCUT2D eigenvalue weighted by atomic mass is 35.5. The summed E-state index contributed by atoms with van der Waals surface area (Å²) in [7, 11) is 0. The van der Waals surface area contributed by atoms with Crippen LogP contribution in [0.4, 0.5) is 0 Å². The minimum absolute atomic E-state index is 0.00147. The van der Waals surface area contributed by atoms with Crippen LogP contribution in [-0.4, -0.2) is 11.1 Å². The molecule has 1 aromatic heterocycles. The Bertz CT molecular complexity index is 798. The number of carboxylic acid groups (broad SMARTS) is 1. The summed E-state index contributed by atoms with van der Waals surface area (Å²) < 4.78 is 0.216. The molecule has 1 aromatic carbocycles. The van der Waals surface area contributed by atoms with E-state index in [0.29, 0.717) is 10.6 Å². The van der Waals surface area contributed by atoms with Gasteiger partial charge < -0.3 is 10.3 Å². The topological polar surface area (TPSA) is 88.0 Å². The summed E-state index contributed by atoms with van der Waals surface area (Å²) in [6.07, 6.45) is 0. The first-order valence-electron chi connectivity index (χ1n) is 5.72. The molecule has 0 spiro atoms. The smallest absolute Gasteiger partial charge is 0.402 e. The number of benzene rings is 1. The summed E-state index contributed by atoms with van der Waals surface area (Å²) in [6, 6.07) is 7.66. The van der Waals surface area contributed by atoms with Gasteiger partial charge in [0, 0.05) is 34.2 Å². The summed E-state index contributed by atoms with van der Waals surface area (Å²) >= 11 is 11.9. The van der Waals surface area contributed by atoms with E-state index in [0.717, 1.165) is 6.07 Å². The lowest BCUT2D eigenvalue weighted by Gasteiger charge is -2.11. The maximum absolute atomic E-state index is 11.8. The quantitative estimate of drug-likeness (QED) is 0.679. The fourth-order valence-electron chi connectivity index (χ4n) is 1.95. The molecule has 0 fully saturated rings. The summed E-state index contributed by atoms with van der Waals surface area (Å²) in [5, 5.41) is 30.8. The Kier molecular flexibility index (Phi) is 4.03. The molecule has 0 saturated heterocycles. The van der Waals surface area contributed by atoms with Gasteiger partial charge in [-0.2, -0.15) is 9.99 Å². The standard InChI is InChI=1S/C14H8Cl2N2O3/c1-7-11(6-17)10(5-13(14(19)20)18(7)21)9-3-2-8(15)4-12(9)16/h2-5H,1H3,(H,19,20). The molecule has 106 valence electrons. The Morgan fingerprint density at radius 2 is 2.00 bits per heavy atom. The average Bonchev–Trinajstić information content (AvgIpc) is 2.41. The first-order valence-corrected chi connectivity index (χ1v) is 6.48. The fourth-order valence-corrected chi connectivity index (χ4v) is 2.46. The van der Waals surface area contributed by atoms with Crippen molar-refractivity contribution in [2.24, 2.45) is 0 Å². The van der Waals surface area contributed by atoms with Crippen LogP contribution in [0.2, 0.25) is 10.0 Å². The number of aromatic carboxylic acids is 1. The first-order chi connectivity index (χ1) is 9.86. The van der Waals surface area contributed by atoms with Crippen molar-refractivity contribution in [3.8, 4) is 17.2 Å². The summed E-state index contributed by atoms with van der Waals surface area (Å²) in [5.74, 6) is -1.39. The van der Waals surface area contributed by atoms with Crippen molar-refractivity contribution in [1.82, 2.24) is 0 Å². The van der Waals surface area contributed by atoms with Gasteiger partial charge in [-0.1, -0.05) is 29.3 Å². The number of carboxylic acids is 1. The molecule has 0 saturated carbocycles. The van der Waals surface area contributed by atoms with Crippen LogP contribution in [-0.2, 0) is 0 Å². The van der Waals surface area contributed by atoms with Crippen molar-refractivity contribution in [2.45, 2.75) is 6.92 Å². The molecule has 0 amide bonds. The van der Waals surface area contributed by atoms with Crippen LogP contribution in [0, 0.1) is 23.5 Å². The molecular formula is C14H8Cl2N2O3. The third-order valence-electron chi connectivity index (χ3n) is 2.99. The van der Waals surface area contributed by atoms with Crippen LogP contribution in [0.25, 0.3) is 11.1 Å². The normalized spacial score (nSPS) is 10.2. The third-order valence-corrected chi connectivity index (χ3v) is 3.54. The molecule has 0 bridgehead atoms. The van der Waals surface area contributed by atoms with Crippen molar-refractivity contribution in [3.05, 3.63) is 56.5 Å². The van der Waals surface area contributed by atoms with E-state index < -0.39 is 11.7 Å². The largest absolute Gasteiger partial charge is 0.618 e. The van der Waals surface area contributed by atoms with Gasteiger partial charge in [0.25, 0.3) is 0 Å². The van der Waals surface area contributed by atoms with Crippen LogP contribution in [0.5, 0.6) is 0 Å². The van der Waals surface area contributed by atoms with Gasteiger partial charge in [-0.15, -0.1) is 0 Å². The molecule has 21 heavy (non-hydrogen) atoms. The first kappa shape index (κ1) is 15.1. The van der Waals surface area contributed by atoms with E-state index >= 15 is 0 Å². The van der Waals surface area contributed by atoms with E-state index in [9.17, 15) is 15.3 Å².